The van der Waals surface area contributed by atoms with E-state index in [1.54, 1.807) is 6.20 Å². The van der Waals surface area contributed by atoms with E-state index in [1.165, 1.54) is 6.42 Å². The highest BCUT2D eigenvalue weighted by Crippen LogP contribution is 2.30. The van der Waals surface area contributed by atoms with E-state index in [2.05, 4.69) is 22.9 Å². The van der Waals surface area contributed by atoms with Crippen LogP contribution < -0.4 is 4.90 Å². The van der Waals surface area contributed by atoms with Gasteiger partial charge in [0.1, 0.15) is 5.82 Å². The van der Waals surface area contributed by atoms with Crippen LogP contribution in [0.4, 0.5) is 5.69 Å². The Bertz CT molecular complexity index is 987. The molecule has 2 aromatic rings. The van der Waals surface area contributed by atoms with Gasteiger partial charge >= 0.3 is 0 Å². The monoisotopic (exact) mass is 465 g/mol. The number of para-hydroxylation sites is 1. The number of aryl methyl sites for hydroxylation is 2. The number of nitrogens with zero attached hydrogens (tertiary/aromatic N) is 5. The van der Waals surface area contributed by atoms with Crippen LogP contribution in [-0.4, -0.2) is 62.9 Å². The first-order chi connectivity index (χ1) is 16.5. The van der Waals surface area contributed by atoms with Crippen molar-refractivity contribution in [2.75, 3.05) is 24.5 Å². The summed E-state index contributed by atoms with van der Waals surface area (Å²) >= 11 is 0. The van der Waals surface area contributed by atoms with Gasteiger partial charge in [0.25, 0.3) is 0 Å². The first-order valence-electron chi connectivity index (χ1n) is 12.9. The van der Waals surface area contributed by atoms with Gasteiger partial charge in [-0.05, 0) is 44.4 Å². The molecule has 7 nitrogen and oxygen atoms in total. The average molecular weight is 466 g/mol. The third kappa shape index (κ3) is 5.35. The molecule has 0 radical (unpaired) electrons. The van der Waals surface area contributed by atoms with Crippen molar-refractivity contribution in [3.8, 4) is 0 Å². The molecule has 1 fully saturated rings. The molecule has 2 aliphatic rings. The highest BCUT2D eigenvalue weighted by Gasteiger charge is 2.33. The summed E-state index contributed by atoms with van der Waals surface area (Å²) in [4.78, 5) is 37.5. The lowest BCUT2D eigenvalue weighted by Crippen LogP contribution is -2.52. The summed E-state index contributed by atoms with van der Waals surface area (Å²) in [7, 11) is 0. The molecule has 2 unspecified atom stereocenters. The fraction of sp³-hybridized carbons (Fsp3) is 0.593. The Morgan fingerprint density at radius 2 is 1.85 bits per heavy atom. The molecule has 0 saturated carbocycles. The number of hydrogen-bond donors (Lipinski definition) is 0. The van der Waals surface area contributed by atoms with Crippen molar-refractivity contribution in [2.24, 2.45) is 0 Å². The van der Waals surface area contributed by atoms with Crippen LogP contribution in [0.5, 0.6) is 0 Å². The number of amides is 2. The molecule has 1 saturated heterocycles. The third-order valence-corrected chi connectivity index (χ3v) is 7.58. The van der Waals surface area contributed by atoms with Crippen LogP contribution >= 0.6 is 0 Å². The molecule has 2 amide bonds. The van der Waals surface area contributed by atoms with Crippen LogP contribution in [0.1, 0.15) is 63.8 Å². The number of carbonyl (C=O) groups is 2. The topological polar surface area (TPSA) is 61.7 Å². The second-order valence-corrected chi connectivity index (χ2v) is 9.58. The largest absolute Gasteiger partial charge is 0.337 e. The van der Waals surface area contributed by atoms with Crippen molar-refractivity contribution in [3.63, 3.8) is 0 Å². The van der Waals surface area contributed by atoms with Gasteiger partial charge in [-0.25, -0.2) is 4.98 Å². The predicted octanol–water partition coefficient (Wildman–Crippen LogP) is 4.00. The van der Waals surface area contributed by atoms with Crippen LogP contribution in [0.25, 0.3) is 0 Å². The molecular weight excluding hydrogens is 426 g/mol. The Morgan fingerprint density at radius 3 is 2.59 bits per heavy atom. The minimum Gasteiger partial charge on any atom is -0.337 e. The number of imidazole rings is 1. The number of benzene rings is 1. The number of likely N-dealkylation sites (N-methyl/N-ethyl adjacent to an activating group) is 1. The molecule has 34 heavy (non-hydrogen) atoms. The molecule has 2 aliphatic heterocycles. The molecule has 2 atom stereocenters. The average Bonchev–Trinajstić information content (AvgIpc) is 3.26. The molecule has 4 rings (SSSR count). The van der Waals surface area contributed by atoms with Gasteiger partial charge in [-0.1, -0.05) is 38.5 Å². The van der Waals surface area contributed by atoms with E-state index in [9.17, 15) is 9.59 Å². The van der Waals surface area contributed by atoms with E-state index in [-0.39, 0.29) is 11.8 Å². The molecule has 0 spiro atoms. The van der Waals surface area contributed by atoms with Gasteiger partial charge in [0, 0.05) is 69.2 Å². The maximum absolute atomic E-state index is 13.6. The van der Waals surface area contributed by atoms with E-state index in [0.29, 0.717) is 38.0 Å². The molecular formula is C27H39N5O2. The Morgan fingerprint density at radius 1 is 1.06 bits per heavy atom. The van der Waals surface area contributed by atoms with E-state index >= 15 is 0 Å². The van der Waals surface area contributed by atoms with Gasteiger partial charge in [0.2, 0.25) is 11.8 Å². The molecule has 1 aromatic heterocycles. The molecule has 2 bridgehead atoms. The lowest BCUT2D eigenvalue weighted by molar-refractivity contribution is -0.133. The van der Waals surface area contributed by atoms with Gasteiger partial charge < -0.3 is 14.4 Å². The molecule has 7 heteroatoms. The molecule has 0 aliphatic carbocycles. The summed E-state index contributed by atoms with van der Waals surface area (Å²) in [6.07, 6.45) is 9.07. The minimum atomic E-state index is 0.149. The van der Waals surface area contributed by atoms with Crippen molar-refractivity contribution in [3.05, 3.63) is 48.0 Å². The first kappa shape index (κ1) is 24.5. The van der Waals surface area contributed by atoms with Gasteiger partial charge in [-0.15, -0.1) is 0 Å². The maximum atomic E-state index is 13.6. The third-order valence-electron chi connectivity index (χ3n) is 7.58. The summed E-state index contributed by atoms with van der Waals surface area (Å²) in [6.45, 7) is 9.72. The highest BCUT2D eigenvalue weighted by atomic mass is 16.2. The summed E-state index contributed by atoms with van der Waals surface area (Å²) < 4.78 is 2.04. The molecule has 3 heterocycles. The summed E-state index contributed by atoms with van der Waals surface area (Å²) in [5, 5.41) is 0. The smallest absolute Gasteiger partial charge is 0.226 e. The maximum Gasteiger partial charge on any atom is 0.226 e. The van der Waals surface area contributed by atoms with Crippen LogP contribution in [-0.2, 0) is 22.7 Å². The number of carbonyl (C=O) groups excluding carboxylic acids is 2. The Hall–Kier alpha value is -2.67. The zero-order valence-electron chi connectivity index (χ0n) is 20.9. The van der Waals surface area contributed by atoms with Crippen molar-refractivity contribution >= 4 is 17.5 Å². The number of hydrogen-bond acceptors (Lipinski definition) is 4. The van der Waals surface area contributed by atoms with Gasteiger partial charge in [0.15, 0.2) is 0 Å². The SMILES string of the molecule is CCC(=O)N1CCC2CCCC(CN(C(=O)CCn3ccnc3C)Cc3ccccc31)N2CC. The van der Waals surface area contributed by atoms with E-state index in [0.717, 1.165) is 56.0 Å². The Balaban J connectivity index is 1.66. The van der Waals surface area contributed by atoms with Crippen LogP contribution in [0.3, 0.4) is 0 Å². The lowest BCUT2D eigenvalue weighted by Gasteiger charge is -2.43. The number of aromatic nitrogens is 2. The van der Waals surface area contributed by atoms with Crippen LogP contribution in [0, 0.1) is 6.92 Å². The zero-order valence-corrected chi connectivity index (χ0v) is 20.9. The fourth-order valence-corrected chi connectivity index (χ4v) is 5.73. The number of rotatable bonds is 5. The second kappa shape index (κ2) is 11.2. The summed E-state index contributed by atoms with van der Waals surface area (Å²) in [6, 6.07) is 8.95. The number of piperidine rings is 1. The highest BCUT2D eigenvalue weighted by molar-refractivity contribution is 5.94. The molecule has 0 N–H and O–H groups in total. The number of anilines is 1. The van der Waals surface area contributed by atoms with Gasteiger partial charge in [-0.3, -0.25) is 14.5 Å². The van der Waals surface area contributed by atoms with Crippen LogP contribution in [0.2, 0.25) is 0 Å². The Kier molecular flexibility index (Phi) is 8.03. The summed E-state index contributed by atoms with van der Waals surface area (Å²) in [5.41, 5.74) is 2.01. The zero-order chi connectivity index (χ0) is 24.1. The standard InChI is InChI=1S/C27H39N5O2/c1-4-26(33)32-17-13-23-10-8-11-24(31(23)5-2)20-30(19-22-9-6-7-12-25(22)32)27(34)14-16-29-18-15-28-21(29)3/h6-7,9,12,15,18,23-24H,4-5,8,10-11,13-14,16-17,19-20H2,1-3H3. The number of fused-ring (bicyclic) bond motifs is 3. The molecule has 1 aromatic carbocycles. The van der Waals surface area contributed by atoms with E-state index in [1.807, 2.05) is 52.6 Å². The minimum absolute atomic E-state index is 0.149. The van der Waals surface area contributed by atoms with Crippen molar-refractivity contribution < 1.29 is 9.59 Å². The second-order valence-electron chi connectivity index (χ2n) is 9.58. The van der Waals surface area contributed by atoms with Crippen LogP contribution in [0.15, 0.2) is 36.7 Å². The van der Waals surface area contributed by atoms with Gasteiger partial charge in [0.05, 0.1) is 0 Å². The normalized spacial score (nSPS) is 21.6. The Labute approximate surface area is 203 Å². The van der Waals surface area contributed by atoms with E-state index < -0.39 is 0 Å². The van der Waals surface area contributed by atoms with Gasteiger partial charge in [-0.2, -0.15) is 0 Å². The lowest BCUT2D eigenvalue weighted by atomic mass is 9.93. The first-order valence-corrected chi connectivity index (χ1v) is 12.9. The molecule has 184 valence electrons. The fourth-order valence-electron chi connectivity index (χ4n) is 5.73. The van der Waals surface area contributed by atoms with E-state index in [4.69, 9.17) is 0 Å². The van der Waals surface area contributed by atoms with Crippen molar-refractivity contribution in [1.82, 2.24) is 19.4 Å². The summed E-state index contributed by atoms with van der Waals surface area (Å²) in [5.74, 6) is 1.24. The van der Waals surface area contributed by atoms with Crippen molar-refractivity contribution in [1.29, 1.82) is 0 Å². The quantitative estimate of drug-likeness (QED) is 0.670. The predicted molar refractivity (Wildman–Crippen MR) is 135 cm³/mol. The van der Waals surface area contributed by atoms with Crippen molar-refractivity contribution in [2.45, 2.75) is 84.5 Å².